The molecule has 3 N–H and O–H groups in total. The van der Waals surface area contributed by atoms with E-state index in [0.717, 1.165) is 0 Å². The second-order valence-corrected chi connectivity index (χ2v) is 2.93. The lowest BCUT2D eigenvalue weighted by atomic mass is 10.2. The molecule has 0 fully saturated rings. The highest BCUT2D eigenvalue weighted by molar-refractivity contribution is 5.94. The van der Waals surface area contributed by atoms with Gasteiger partial charge in [0.25, 0.3) is 0 Å². The van der Waals surface area contributed by atoms with Crippen LogP contribution in [0.25, 0.3) is 11.0 Å². The Morgan fingerprint density at radius 2 is 2.38 bits per heavy atom. The van der Waals surface area contributed by atoms with Gasteiger partial charge < -0.3 is 15.5 Å². The number of nitrogens with one attached hydrogen (secondary N) is 1. The SMILES string of the molecule is COC(=O)C#Cc1c[nH]c2ncnc(N)c12. The minimum atomic E-state index is -0.607. The molecule has 0 spiro atoms. The molecule has 0 saturated carbocycles. The van der Waals surface area contributed by atoms with Crippen LogP contribution in [0, 0.1) is 11.8 Å². The van der Waals surface area contributed by atoms with Gasteiger partial charge in [0, 0.05) is 12.1 Å². The second kappa shape index (κ2) is 3.90. The predicted molar refractivity (Wildman–Crippen MR) is 57.2 cm³/mol. The van der Waals surface area contributed by atoms with E-state index in [9.17, 15) is 4.79 Å². The van der Waals surface area contributed by atoms with Crippen molar-refractivity contribution in [2.45, 2.75) is 0 Å². The fourth-order valence-corrected chi connectivity index (χ4v) is 1.25. The monoisotopic (exact) mass is 216 g/mol. The number of nitrogens with two attached hydrogens (primary N) is 1. The van der Waals surface area contributed by atoms with Crippen LogP contribution in [0.1, 0.15) is 5.56 Å². The van der Waals surface area contributed by atoms with Crippen molar-refractivity contribution in [2.75, 3.05) is 12.8 Å². The standard InChI is InChI=1S/C10H8N4O2/c1-16-7(15)3-2-6-4-12-10-8(6)9(11)13-5-14-10/h4-5H,1H3,(H3,11,12,13,14). The van der Waals surface area contributed by atoms with Crippen molar-refractivity contribution >= 4 is 22.8 Å². The molecule has 0 aliphatic rings. The molecule has 6 nitrogen and oxygen atoms in total. The van der Waals surface area contributed by atoms with E-state index in [1.54, 1.807) is 6.20 Å². The van der Waals surface area contributed by atoms with Crippen LogP contribution >= 0.6 is 0 Å². The van der Waals surface area contributed by atoms with Crippen molar-refractivity contribution in [3.8, 4) is 11.8 Å². The maximum Gasteiger partial charge on any atom is 0.384 e. The lowest BCUT2D eigenvalue weighted by molar-refractivity contribution is -0.133. The molecule has 0 aromatic carbocycles. The van der Waals surface area contributed by atoms with Crippen LogP contribution < -0.4 is 5.73 Å². The Morgan fingerprint density at radius 3 is 3.12 bits per heavy atom. The Balaban J connectivity index is 2.53. The number of esters is 1. The van der Waals surface area contributed by atoms with E-state index in [2.05, 4.69) is 31.5 Å². The van der Waals surface area contributed by atoms with Crippen molar-refractivity contribution in [1.29, 1.82) is 0 Å². The fourth-order valence-electron chi connectivity index (χ4n) is 1.25. The molecule has 0 aliphatic heterocycles. The first-order chi connectivity index (χ1) is 7.72. The number of carbonyl (C=O) groups is 1. The topological polar surface area (TPSA) is 93.9 Å². The van der Waals surface area contributed by atoms with Gasteiger partial charge in [0.05, 0.1) is 18.1 Å². The third kappa shape index (κ3) is 1.66. The van der Waals surface area contributed by atoms with Gasteiger partial charge in [-0.25, -0.2) is 14.8 Å². The highest BCUT2D eigenvalue weighted by atomic mass is 16.5. The molecule has 2 heterocycles. The van der Waals surface area contributed by atoms with Crippen molar-refractivity contribution in [1.82, 2.24) is 15.0 Å². The van der Waals surface area contributed by atoms with Crippen molar-refractivity contribution < 1.29 is 9.53 Å². The normalized spacial score (nSPS) is 9.56. The van der Waals surface area contributed by atoms with Gasteiger partial charge in [0.15, 0.2) is 0 Å². The van der Waals surface area contributed by atoms with E-state index in [1.165, 1.54) is 13.4 Å². The Labute approximate surface area is 90.8 Å². The second-order valence-electron chi connectivity index (χ2n) is 2.93. The van der Waals surface area contributed by atoms with E-state index in [4.69, 9.17) is 5.73 Å². The van der Waals surface area contributed by atoms with E-state index in [-0.39, 0.29) is 0 Å². The van der Waals surface area contributed by atoms with Gasteiger partial charge in [0.2, 0.25) is 0 Å². The van der Waals surface area contributed by atoms with Crippen molar-refractivity contribution in [3.05, 3.63) is 18.1 Å². The van der Waals surface area contributed by atoms with Gasteiger partial charge in [-0.3, -0.25) is 0 Å². The summed E-state index contributed by atoms with van der Waals surface area (Å²) in [4.78, 5) is 21.6. The van der Waals surface area contributed by atoms with Crippen LogP contribution in [0.4, 0.5) is 5.82 Å². The first kappa shape index (κ1) is 9.98. The number of carbonyl (C=O) groups excluding carboxylic acids is 1. The van der Waals surface area contributed by atoms with Gasteiger partial charge >= 0.3 is 5.97 Å². The van der Waals surface area contributed by atoms with Crippen molar-refractivity contribution in [3.63, 3.8) is 0 Å². The molecule has 6 heteroatoms. The summed E-state index contributed by atoms with van der Waals surface area (Å²) in [5.74, 6) is 4.67. The van der Waals surface area contributed by atoms with E-state index < -0.39 is 5.97 Å². The first-order valence-electron chi connectivity index (χ1n) is 4.40. The highest BCUT2D eigenvalue weighted by Gasteiger charge is 2.06. The highest BCUT2D eigenvalue weighted by Crippen LogP contribution is 2.19. The summed E-state index contributed by atoms with van der Waals surface area (Å²) in [5, 5.41) is 0.610. The molecule has 0 atom stereocenters. The molecule has 0 bridgehead atoms. The number of ether oxygens (including phenoxy) is 1. The minimum Gasteiger partial charge on any atom is -0.459 e. The Bertz CT molecular complexity index is 606. The fraction of sp³-hybridized carbons (Fsp3) is 0.100. The summed E-state index contributed by atoms with van der Waals surface area (Å²) >= 11 is 0. The number of hydrogen-bond donors (Lipinski definition) is 2. The third-order valence-electron chi connectivity index (χ3n) is 1.98. The zero-order chi connectivity index (χ0) is 11.5. The third-order valence-corrected chi connectivity index (χ3v) is 1.98. The summed E-state index contributed by atoms with van der Waals surface area (Å²) < 4.78 is 4.41. The average molecular weight is 216 g/mol. The lowest BCUT2D eigenvalue weighted by Gasteiger charge is -1.93. The molecule has 16 heavy (non-hydrogen) atoms. The lowest BCUT2D eigenvalue weighted by Crippen LogP contribution is -1.95. The number of methoxy groups -OCH3 is 1. The average Bonchev–Trinajstić information content (AvgIpc) is 2.70. The molecular weight excluding hydrogens is 208 g/mol. The summed E-state index contributed by atoms with van der Waals surface area (Å²) in [6.45, 7) is 0. The number of nitrogen functional groups attached to an aromatic ring is 1. The van der Waals surface area contributed by atoms with Gasteiger partial charge in [-0.15, -0.1) is 0 Å². The van der Waals surface area contributed by atoms with Crippen molar-refractivity contribution in [2.24, 2.45) is 0 Å². The van der Waals surface area contributed by atoms with E-state index in [1.807, 2.05) is 0 Å². The Hall–Kier alpha value is -2.55. The van der Waals surface area contributed by atoms with Crippen LogP contribution in [-0.4, -0.2) is 28.0 Å². The first-order valence-corrected chi connectivity index (χ1v) is 4.40. The number of H-pyrrole nitrogens is 1. The van der Waals surface area contributed by atoms with E-state index in [0.29, 0.717) is 22.4 Å². The minimum absolute atomic E-state index is 0.320. The number of rotatable bonds is 0. The van der Waals surface area contributed by atoms with E-state index >= 15 is 0 Å². The molecule has 2 aromatic rings. The molecule has 0 radical (unpaired) electrons. The molecule has 0 saturated heterocycles. The van der Waals surface area contributed by atoms with Crippen LogP contribution in [0.2, 0.25) is 0 Å². The quantitative estimate of drug-likeness (QED) is 0.480. The Morgan fingerprint density at radius 1 is 1.56 bits per heavy atom. The summed E-state index contributed by atoms with van der Waals surface area (Å²) in [6.07, 6.45) is 2.97. The zero-order valence-corrected chi connectivity index (χ0v) is 8.44. The van der Waals surface area contributed by atoms with Gasteiger partial charge in [-0.2, -0.15) is 0 Å². The molecule has 0 unspecified atom stereocenters. The predicted octanol–water partition coefficient (Wildman–Crippen LogP) is 0.0646. The number of nitrogens with zero attached hydrogens (tertiary/aromatic N) is 2. The number of fused-ring (bicyclic) bond motifs is 1. The molecule has 2 rings (SSSR count). The summed E-state index contributed by atoms with van der Waals surface area (Å²) in [6, 6.07) is 0. The van der Waals surface area contributed by atoms with Gasteiger partial charge in [-0.1, -0.05) is 5.92 Å². The number of aromatic nitrogens is 3. The van der Waals surface area contributed by atoms with Crippen LogP contribution in [0.15, 0.2) is 12.5 Å². The van der Waals surface area contributed by atoms with Gasteiger partial charge in [-0.05, 0) is 0 Å². The number of hydrogen-bond acceptors (Lipinski definition) is 5. The molecular formula is C10H8N4O2. The largest absolute Gasteiger partial charge is 0.459 e. The summed E-state index contributed by atoms with van der Waals surface area (Å²) in [5.41, 5.74) is 6.84. The molecule has 2 aromatic heterocycles. The number of aromatic amines is 1. The Kier molecular flexibility index (Phi) is 2.44. The smallest absolute Gasteiger partial charge is 0.384 e. The van der Waals surface area contributed by atoms with Crippen LogP contribution in [0.5, 0.6) is 0 Å². The molecule has 0 amide bonds. The zero-order valence-electron chi connectivity index (χ0n) is 8.44. The van der Waals surface area contributed by atoms with Crippen LogP contribution in [-0.2, 0) is 9.53 Å². The summed E-state index contributed by atoms with van der Waals surface area (Å²) in [7, 11) is 1.27. The molecule has 80 valence electrons. The number of anilines is 1. The maximum absolute atomic E-state index is 10.9. The maximum atomic E-state index is 10.9. The van der Waals surface area contributed by atoms with Crippen LogP contribution in [0.3, 0.4) is 0 Å². The van der Waals surface area contributed by atoms with Gasteiger partial charge in [0.1, 0.15) is 17.8 Å². The molecule has 0 aliphatic carbocycles.